The van der Waals surface area contributed by atoms with Crippen LogP contribution >= 0.6 is 11.8 Å². The first kappa shape index (κ1) is 124. The first-order chi connectivity index (χ1) is 69.5. The van der Waals surface area contributed by atoms with Crippen molar-refractivity contribution in [3.8, 4) is 0 Å². The van der Waals surface area contributed by atoms with Crippen molar-refractivity contribution < 1.29 is 86.1 Å². The number of anilines is 6. The van der Waals surface area contributed by atoms with Crippen LogP contribution in [0.3, 0.4) is 0 Å². The Kier molecular flexibility index (Phi) is 62.3. The molecule has 14 N–H and O–H groups in total. The minimum Gasteiger partial charge on any atom is -0.466 e. The molecule has 2 aliphatic rings. The molecule has 0 saturated carbocycles. The Hall–Kier alpha value is -13.3. The number of thioether (sulfide) groups is 1. The standard InChI is InChI=1S/C21H25N3O2.C20H30N2O4.C19H28N2O4.C18H27NO3.C17H23N5O2.C17H25NO3S/c22-17-9-6-16(7-10-17)8-11-18(25)12-13-21(26)24-15-3-5-20(24)19-4-1-2-14-23-19;1-3-26-20(25)17(6-4-5-13-22-15(2)23)14-19(24)12-9-16-7-10-18(21)11-8-16;1-3-25-19(24)16(5-4-12-21-14(2)22)13-18(23)11-8-15-6-9-17(20)10-7-15;1-4-22-18(21)15(11-13(2)3)12-17(20)10-7-14-5-8-16(19)9-6-14;18-14-6-3-13(4-7-14)5-8-16(23)9-10-17(24)22-11-1-2-15(22)12-20-21-19;1-3-21-17(20)14(10-11-22-2)12-16(19)9-6-13-4-7-15(18)8-5-13/h1-2,4,6-7,9-10,14,20H,3,5,8,11-13,15,22H2;7-8,10-11,17H,3-6,9,12-14,21H2,1-2H3,(H,22,23);6-7,9-10,16H,3-5,8,11-13,20H2,1-2H3,(H,21,22);5-6,8-9,13,15H,4,7,10-12,19H2,1-3H3;3-4,6-7,15H,1-2,5,8-12,18H2;4-5,7-8,14H,3,6,9-12,18H2,1-2H3/t;17-;16-;;15-;/m.00.1./s1. The van der Waals surface area contributed by atoms with Crippen LogP contribution in [0, 0.1) is 29.6 Å². The lowest BCUT2D eigenvalue weighted by atomic mass is 9.91. The minimum atomic E-state index is -0.451. The number of likely N-dealkylation sites (tertiary alicyclic amines) is 2. The number of hydrogen-bond donors (Lipinski definition) is 8. The Morgan fingerprint density at radius 3 is 1.06 bits per heavy atom. The summed E-state index contributed by atoms with van der Waals surface area (Å²) in [5.41, 5.74) is 53.9. The Labute approximate surface area is 861 Å². The SMILES string of the molecule is CCOC(=O)C(CC(=O)CCc1ccc(N)cc1)CC(C)C.CCOC(=O)C(CCSC)CC(=O)CCc1ccc(N)cc1.CCOC(=O)[C@@H](CCCCNC(C)=O)CC(=O)CCc1ccc(N)cc1.CCOC(=O)[C@@H](CCCNC(C)=O)CC(=O)CCc1ccc(N)cc1.Nc1ccc(CCC(=O)CCC(=O)N2CCCC2c2ccccn2)cc1.[N-]=[N+]=NC[C@H]1CCCN1C(=O)CCC(=O)CCc1ccc(N)cc1. The van der Waals surface area contributed by atoms with Crippen LogP contribution in [0.4, 0.5) is 34.1 Å². The summed E-state index contributed by atoms with van der Waals surface area (Å²) in [6.45, 7) is 18.2. The normalized spacial score (nSPS) is 13.5. The molecular formula is C112H158N14O18S. The molecule has 0 bridgehead atoms. The number of carbonyl (C=O) groups excluding carboxylic acids is 14. The number of carbonyl (C=O) groups is 14. The molecule has 6 aromatic carbocycles. The van der Waals surface area contributed by atoms with Gasteiger partial charge in [0.2, 0.25) is 23.6 Å². The van der Waals surface area contributed by atoms with Gasteiger partial charge in [0.15, 0.2) is 0 Å². The van der Waals surface area contributed by atoms with Crippen molar-refractivity contribution in [3.63, 3.8) is 0 Å². The van der Waals surface area contributed by atoms with Gasteiger partial charge in [-0.2, -0.15) is 11.8 Å². The van der Waals surface area contributed by atoms with Gasteiger partial charge >= 0.3 is 23.9 Å². The molecule has 7 aromatic rings. The fraction of sp³-hybridized carbons (Fsp3) is 0.509. The molecule has 790 valence electrons. The summed E-state index contributed by atoms with van der Waals surface area (Å²) < 4.78 is 20.3. The first-order valence-corrected chi connectivity index (χ1v) is 52.3. The summed E-state index contributed by atoms with van der Waals surface area (Å²) in [5, 5.41) is 8.98. The van der Waals surface area contributed by atoms with E-state index in [1.54, 1.807) is 50.6 Å². The van der Waals surface area contributed by atoms with Gasteiger partial charge in [-0.1, -0.05) is 104 Å². The van der Waals surface area contributed by atoms with E-state index in [4.69, 9.17) is 58.9 Å². The quantitative estimate of drug-likeness (QED) is 0.00334. The van der Waals surface area contributed by atoms with Crippen molar-refractivity contribution in [2.75, 3.05) is 106 Å². The van der Waals surface area contributed by atoms with Crippen LogP contribution in [-0.4, -0.2) is 174 Å². The summed E-state index contributed by atoms with van der Waals surface area (Å²) in [4.78, 5) is 178. The maximum absolute atomic E-state index is 12.6. The maximum atomic E-state index is 12.6. The summed E-state index contributed by atoms with van der Waals surface area (Å²) in [6, 6.07) is 50.8. The van der Waals surface area contributed by atoms with Crippen molar-refractivity contribution in [1.29, 1.82) is 0 Å². The average molecular weight is 2020 g/mol. The number of hydrogen-bond acceptors (Lipinski definition) is 27. The smallest absolute Gasteiger partial charge is 0.309 e. The van der Waals surface area contributed by atoms with Crippen LogP contribution in [0.25, 0.3) is 10.4 Å². The Balaban J connectivity index is 0.000000363. The molecule has 2 saturated heterocycles. The topological polar surface area (TPSA) is 524 Å². The van der Waals surface area contributed by atoms with Crippen LogP contribution in [0.2, 0.25) is 0 Å². The van der Waals surface area contributed by atoms with E-state index in [0.29, 0.717) is 191 Å². The number of Topliss-reactive ketones (excluding diaryl/α,β-unsaturated/α-hetero) is 6. The molecule has 9 rings (SSSR count). The lowest BCUT2D eigenvalue weighted by Crippen LogP contribution is -2.37. The molecule has 32 nitrogen and oxygen atoms in total. The summed E-state index contributed by atoms with van der Waals surface area (Å²) in [6.07, 6.45) is 20.6. The number of nitrogens with zero attached hydrogens (tertiary/aromatic N) is 6. The number of rotatable bonds is 57. The number of unbranched alkanes of at least 4 members (excludes halogenated alkanes) is 1. The summed E-state index contributed by atoms with van der Waals surface area (Å²) >= 11 is 1.67. The van der Waals surface area contributed by atoms with Crippen molar-refractivity contribution in [1.82, 2.24) is 25.4 Å². The second-order valence-corrected chi connectivity index (χ2v) is 37.6. The Bertz CT molecular complexity index is 5110. The number of ketones is 6. The largest absolute Gasteiger partial charge is 0.466 e. The van der Waals surface area contributed by atoms with Gasteiger partial charge in [-0.05, 0) is 272 Å². The van der Waals surface area contributed by atoms with Gasteiger partial charge in [-0.3, -0.25) is 72.1 Å². The van der Waals surface area contributed by atoms with Crippen LogP contribution in [0.1, 0.15) is 261 Å². The highest BCUT2D eigenvalue weighted by molar-refractivity contribution is 7.98. The monoisotopic (exact) mass is 2020 g/mol. The molecule has 0 spiro atoms. The van der Waals surface area contributed by atoms with Crippen molar-refractivity contribution in [3.05, 3.63) is 220 Å². The number of benzene rings is 6. The predicted octanol–water partition coefficient (Wildman–Crippen LogP) is 17.5. The third kappa shape index (κ3) is 55.4. The highest BCUT2D eigenvalue weighted by atomic mass is 32.2. The molecule has 2 fully saturated rings. The van der Waals surface area contributed by atoms with Crippen molar-refractivity contribution in [2.45, 2.75) is 267 Å². The molecule has 3 unspecified atom stereocenters. The zero-order valence-electron chi connectivity index (χ0n) is 86.6. The number of pyridine rings is 1. The van der Waals surface area contributed by atoms with E-state index < -0.39 is 11.8 Å². The molecule has 0 aliphatic carbocycles. The number of azide groups is 1. The van der Waals surface area contributed by atoms with Gasteiger partial charge in [-0.15, -0.1) is 0 Å². The van der Waals surface area contributed by atoms with E-state index >= 15 is 0 Å². The second kappa shape index (κ2) is 72.9. The van der Waals surface area contributed by atoms with Gasteiger partial charge in [0, 0.05) is 188 Å². The average Bonchev–Trinajstić information content (AvgIpc) is 1.70. The first-order valence-electron chi connectivity index (χ1n) is 50.9. The van der Waals surface area contributed by atoms with Crippen LogP contribution in [-0.2, 0) is 125 Å². The third-order valence-corrected chi connectivity index (χ3v) is 24.8. The van der Waals surface area contributed by atoms with E-state index in [2.05, 4.69) is 25.6 Å². The fourth-order valence-electron chi connectivity index (χ4n) is 16.2. The van der Waals surface area contributed by atoms with Gasteiger partial charge < -0.3 is 73.8 Å². The minimum absolute atomic E-state index is 0.0155. The maximum Gasteiger partial charge on any atom is 0.309 e. The zero-order chi connectivity index (χ0) is 107. The summed E-state index contributed by atoms with van der Waals surface area (Å²) in [5.74, 6) is -1.05. The highest BCUT2D eigenvalue weighted by Gasteiger charge is 2.33. The third-order valence-electron chi connectivity index (χ3n) is 24.2. The summed E-state index contributed by atoms with van der Waals surface area (Å²) in [7, 11) is 0. The molecule has 0 radical (unpaired) electrons. The molecule has 4 amide bonds. The Morgan fingerprint density at radius 2 is 0.724 bits per heavy atom. The van der Waals surface area contributed by atoms with E-state index in [1.165, 1.54) is 13.8 Å². The predicted molar refractivity (Wildman–Crippen MR) is 572 cm³/mol. The molecular weight excluding hydrogens is 1860 g/mol. The van der Waals surface area contributed by atoms with Crippen LogP contribution in [0.5, 0.6) is 0 Å². The van der Waals surface area contributed by atoms with E-state index in [1.807, 2.05) is 189 Å². The van der Waals surface area contributed by atoms with E-state index in [9.17, 15) is 67.1 Å². The van der Waals surface area contributed by atoms with Crippen LogP contribution < -0.4 is 45.0 Å². The van der Waals surface area contributed by atoms with Crippen molar-refractivity contribution in [2.24, 2.45) is 34.7 Å². The number of nitrogens with two attached hydrogens (primary N) is 6. The molecule has 145 heavy (non-hydrogen) atoms. The number of aryl methyl sites for hydroxylation is 6. The number of ether oxygens (including phenoxy) is 4. The number of nitrogen functional groups attached to an aromatic ring is 6. The second-order valence-electron chi connectivity index (χ2n) is 36.6. The molecule has 1 aromatic heterocycles. The molecule has 33 heteroatoms. The molecule has 2 aliphatic heterocycles. The number of aromatic nitrogens is 1. The lowest BCUT2D eigenvalue weighted by Gasteiger charge is -2.24. The number of nitrogens with one attached hydrogen (secondary N) is 2. The molecule has 3 heterocycles. The fourth-order valence-corrected chi connectivity index (χ4v) is 16.7. The number of amides is 4. The van der Waals surface area contributed by atoms with Gasteiger partial charge in [0.05, 0.1) is 61.8 Å². The number of esters is 4. The van der Waals surface area contributed by atoms with Gasteiger partial charge in [0.1, 0.15) is 34.7 Å². The van der Waals surface area contributed by atoms with Gasteiger partial charge in [-0.25, -0.2) is 0 Å². The van der Waals surface area contributed by atoms with Crippen molar-refractivity contribution >= 4 is 128 Å². The highest BCUT2D eigenvalue weighted by Crippen LogP contribution is 2.32. The van der Waals surface area contributed by atoms with E-state index in [-0.39, 0.29) is 151 Å². The van der Waals surface area contributed by atoms with Crippen LogP contribution in [0.15, 0.2) is 175 Å². The lowest BCUT2D eigenvalue weighted by molar-refractivity contribution is -0.150. The molecule has 6 atom stereocenters. The zero-order valence-corrected chi connectivity index (χ0v) is 87.4. The van der Waals surface area contributed by atoms with E-state index in [0.717, 1.165) is 107 Å². The Morgan fingerprint density at radius 1 is 0.407 bits per heavy atom. The van der Waals surface area contributed by atoms with Gasteiger partial charge in [0.25, 0.3) is 0 Å².